The topological polar surface area (TPSA) is 72.1 Å². The van der Waals surface area contributed by atoms with Crippen molar-refractivity contribution in [1.29, 1.82) is 0 Å². The second kappa shape index (κ2) is 3.01. The molecule has 1 saturated heterocycles. The van der Waals surface area contributed by atoms with Crippen LogP contribution in [0.25, 0.3) is 0 Å². The molecule has 0 aliphatic carbocycles. The summed E-state index contributed by atoms with van der Waals surface area (Å²) in [5.41, 5.74) is 6.03. The molecular weight excluding hydrogens is 168 g/mol. The van der Waals surface area contributed by atoms with Crippen molar-refractivity contribution in [3.8, 4) is 0 Å². The monoisotopic (exact) mass is 178 g/mol. The normalized spacial score (nSPS) is 20.9. The Hall–Kier alpha value is -1.65. The molecule has 1 aromatic heterocycles. The fourth-order valence-electron chi connectivity index (χ4n) is 1.46. The first-order chi connectivity index (χ1) is 6.29. The molecule has 0 spiro atoms. The number of primary amides is 1. The zero-order chi connectivity index (χ0) is 9.26. The van der Waals surface area contributed by atoms with E-state index in [1.165, 1.54) is 6.33 Å². The van der Waals surface area contributed by atoms with Crippen molar-refractivity contribution >= 4 is 6.03 Å². The molecular formula is C8H10N4O. The Balaban J connectivity index is 2.15. The first kappa shape index (κ1) is 7.97. The smallest absolute Gasteiger partial charge is 0.315 e. The molecule has 2 amide bonds. The van der Waals surface area contributed by atoms with E-state index in [2.05, 4.69) is 9.97 Å². The van der Waals surface area contributed by atoms with Gasteiger partial charge in [-0.25, -0.2) is 14.8 Å². The quantitative estimate of drug-likeness (QED) is 0.672. The molecule has 0 bridgehead atoms. The summed E-state index contributed by atoms with van der Waals surface area (Å²) in [4.78, 5) is 20.4. The second-order valence-corrected chi connectivity index (χ2v) is 2.97. The lowest BCUT2D eigenvalue weighted by Gasteiger charge is -2.38. The third-order valence-corrected chi connectivity index (χ3v) is 2.25. The van der Waals surface area contributed by atoms with Crippen LogP contribution in [-0.4, -0.2) is 27.4 Å². The predicted molar refractivity (Wildman–Crippen MR) is 45.7 cm³/mol. The van der Waals surface area contributed by atoms with E-state index < -0.39 is 0 Å². The summed E-state index contributed by atoms with van der Waals surface area (Å²) >= 11 is 0. The van der Waals surface area contributed by atoms with Gasteiger partial charge >= 0.3 is 6.03 Å². The highest BCUT2D eigenvalue weighted by molar-refractivity contribution is 5.73. The minimum Gasteiger partial charge on any atom is -0.351 e. The summed E-state index contributed by atoms with van der Waals surface area (Å²) in [6, 6.07) is 1.48. The lowest BCUT2D eigenvalue weighted by molar-refractivity contribution is 0.120. The molecule has 0 radical (unpaired) electrons. The Morgan fingerprint density at radius 2 is 2.54 bits per heavy atom. The number of hydrogen-bond donors (Lipinski definition) is 1. The SMILES string of the molecule is NC(=O)N1CCC1c1ccncn1. The minimum atomic E-state index is -0.380. The standard InChI is InChI=1S/C8H10N4O/c9-8(13)12-4-2-7(12)6-1-3-10-5-11-6/h1,3,5,7H,2,4H2,(H2,9,13). The summed E-state index contributed by atoms with van der Waals surface area (Å²) in [5, 5.41) is 0. The van der Waals surface area contributed by atoms with Crippen LogP contribution < -0.4 is 5.73 Å². The van der Waals surface area contributed by atoms with Gasteiger partial charge in [0.05, 0.1) is 11.7 Å². The van der Waals surface area contributed by atoms with E-state index in [0.717, 1.165) is 18.7 Å². The van der Waals surface area contributed by atoms with E-state index in [1.54, 1.807) is 17.2 Å². The van der Waals surface area contributed by atoms with Crippen molar-refractivity contribution in [2.75, 3.05) is 6.54 Å². The van der Waals surface area contributed by atoms with Gasteiger partial charge in [0, 0.05) is 12.7 Å². The Labute approximate surface area is 75.6 Å². The summed E-state index contributed by atoms with van der Waals surface area (Å²) in [6.45, 7) is 0.726. The van der Waals surface area contributed by atoms with Crippen LogP contribution in [0, 0.1) is 0 Å². The molecule has 1 aromatic rings. The molecule has 1 aliphatic heterocycles. The van der Waals surface area contributed by atoms with E-state index in [1.807, 2.05) is 0 Å². The zero-order valence-corrected chi connectivity index (χ0v) is 7.05. The van der Waals surface area contributed by atoms with Crippen LogP contribution in [0.4, 0.5) is 4.79 Å². The molecule has 1 unspecified atom stereocenters. The van der Waals surface area contributed by atoms with Crippen molar-refractivity contribution in [1.82, 2.24) is 14.9 Å². The van der Waals surface area contributed by atoms with Crippen molar-refractivity contribution in [3.05, 3.63) is 24.3 Å². The van der Waals surface area contributed by atoms with E-state index in [9.17, 15) is 4.79 Å². The van der Waals surface area contributed by atoms with E-state index >= 15 is 0 Å². The minimum absolute atomic E-state index is 0.0560. The molecule has 2 N–H and O–H groups in total. The van der Waals surface area contributed by atoms with Crippen molar-refractivity contribution in [2.45, 2.75) is 12.5 Å². The van der Waals surface area contributed by atoms with Crippen LogP contribution >= 0.6 is 0 Å². The van der Waals surface area contributed by atoms with Gasteiger partial charge in [-0.3, -0.25) is 0 Å². The van der Waals surface area contributed by atoms with Gasteiger partial charge in [-0.2, -0.15) is 0 Å². The van der Waals surface area contributed by atoms with Gasteiger partial charge in [0.1, 0.15) is 6.33 Å². The lowest BCUT2D eigenvalue weighted by Crippen LogP contribution is -2.48. The average molecular weight is 178 g/mol. The van der Waals surface area contributed by atoms with Gasteiger partial charge in [-0.1, -0.05) is 0 Å². The van der Waals surface area contributed by atoms with Gasteiger partial charge in [0.25, 0.3) is 0 Å². The van der Waals surface area contributed by atoms with E-state index in [0.29, 0.717) is 0 Å². The van der Waals surface area contributed by atoms with Crippen molar-refractivity contribution < 1.29 is 4.79 Å². The number of hydrogen-bond acceptors (Lipinski definition) is 3. The van der Waals surface area contributed by atoms with Gasteiger partial charge < -0.3 is 10.6 Å². The van der Waals surface area contributed by atoms with Crippen LogP contribution in [0.2, 0.25) is 0 Å². The average Bonchev–Trinajstić information content (AvgIpc) is 2.02. The molecule has 1 aliphatic rings. The first-order valence-corrected chi connectivity index (χ1v) is 4.11. The maximum absolute atomic E-state index is 10.9. The maximum Gasteiger partial charge on any atom is 0.315 e. The summed E-state index contributed by atoms with van der Waals surface area (Å²) in [5.74, 6) is 0. The number of likely N-dealkylation sites (tertiary alicyclic amines) is 1. The molecule has 0 saturated carbocycles. The molecule has 2 heterocycles. The molecule has 0 aromatic carbocycles. The highest BCUT2D eigenvalue weighted by atomic mass is 16.2. The zero-order valence-electron chi connectivity index (χ0n) is 7.05. The van der Waals surface area contributed by atoms with Crippen LogP contribution in [-0.2, 0) is 0 Å². The summed E-state index contributed by atoms with van der Waals surface area (Å²) in [6.07, 6.45) is 4.08. The van der Waals surface area contributed by atoms with Crippen LogP contribution in [0.1, 0.15) is 18.2 Å². The maximum atomic E-state index is 10.9. The molecule has 1 atom stereocenters. The number of amides is 2. The van der Waals surface area contributed by atoms with Crippen LogP contribution in [0.3, 0.4) is 0 Å². The molecule has 13 heavy (non-hydrogen) atoms. The Bertz CT molecular complexity index is 313. The Kier molecular flexibility index (Phi) is 1.84. The van der Waals surface area contributed by atoms with Gasteiger partial charge in [0.2, 0.25) is 0 Å². The van der Waals surface area contributed by atoms with E-state index in [4.69, 9.17) is 5.73 Å². The molecule has 2 rings (SSSR count). The number of rotatable bonds is 1. The highest BCUT2D eigenvalue weighted by Gasteiger charge is 2.32. The Morgan fingerprint density at radius 3 is 3.00 bits per heavy atom. The molecule has 1 fully saturated rings. The summed E-state index contributed by atoms with van der Waals surface area (Å²) < 4.78 is 0. The predicted octanol–water partition coefficient (Wildman–Crippen LogP) is 0.302. The van der Waals surface area contributed by atoms with Crippen molar-refractivity contribution in [3.63, 3.8) is 0 Å². The number of carbonyl (C=O) groups excluding carboxylic acids is 1. The Morgan fingerprint density at radius 1 is 1.69 bits per heavy atom. The summed E-state index contributed by atoms with van der Waals surface area (Å²) in [7, 11) is 0. The van der Waals surface area contributed by atoms with Gasteiger partial charge in [0.15, 0.2) is 0 Å². The van der Waals surface area contributed by atoms with Crippen LogP contribution in [0.5, 0.6) is 0 Å². The second-order valence-electron chi connectivity index (χ2n) is 2.97. The van der Waals surface area contributed by atoms with Crippen molar-refractivity contribution in [2.24, 2.45) is 5.73 Å². The first-order valence-electron chi connectivity index (χ1n) is 4.11. The van der Waals surface area contributed by atoms with Crippen LogP contribution in [0.15, 0.2) is 18.6 Å². The van der Waals surface area contributed by atoms with Gasteiger partial charge in [-0.15, -0.1) is 0 Å². The molecule has 68 valence electrons. The largest absolute Gasteiger partial charge is 0.351 e. The number of nitrogens with two attached hydrogens (primary N) is 1. The lowest BCUT2D eigenvalue weighted by atomic mass is 10.0. The van der Waals surface area contributed by atoms with Gasteiger partial charge in [-0.05, 0) is 12.5 Å². The highest BCUT2D eigenvalue weighted by Crippen LogP contribution is 2.30. The third-order valence-electron chi connectivity index (χ3n) is 2.25. The fraction of sp³-hybridized carbons (Fsp3) is 0.375. The van der Waals surface area contributed by atoms with E-state index in [-0.39, 0.29) is 12.1 Å². The number of nitrogens with zero attached hydrogens (tertiary/aromatic N) is 3. The number of aromatic nitrogens is 2. The fourth-order valence-corrected chi connectivity index (χ4v) is 1.46. The molecule has 5 nitrogen and oxygen atoms in total. The third kappa shape index (κ3) is 1.32. The number of carbonyl (C=O) groups is 1. The number of urea groups is 1. The molecule has 5 heteroatoms.